The molecule has 10 heteroatoms. The highest BCUT2D eigenvalue weighted by atomic mass is 19.4. The van der Waals surface area contributed by atoms with Crippen LogP contribution in [0, 0.1) is 0 Å². The summed E-state index contributed by atoms with van der Waals surface area (Å²) in [6, 6.07) is 8.56. The van der Waals surface area contributed by atoms with E-state index < -0.39 is 17.8 Å². The fraction of sp³-hybridized carbons (Fsp3) is 0.227. The number of carbonyl (C=O) groups is 1. The van der Waals surface area contributed by atoms with Gasteiger partial charge in [0.15, 0.2) is 5.65 Å². The average molecular weight is 443 g/mol. The lowest BCUT2D eigenvalue weighted by Crippen LogP contribution is -2.08. The van der Waals surface area contributed by atoms with Crippen molar-refractivity contribution in [3.05, 3.63) is 66.2 Å². The number of fused-ring (bicyclic) bond motifs is 1. The second-order valence-electron chi connectivity index (χ2n) is 6.17. The number of halogens is 3. The largest absolute Gasteiger partial charge is 0.462 e. The molecular weight excluding hydrogens is 423 g/mol. The Kier molecular flexibility index (Phi) is 6.82. The van der Waals surface area contributed by atoms with E-state index in [0.29, 0.717) is 11.3 Å². The molecule has 0 unspecified atom stereocenters. The van der Waals surface area contributed by atoms with Crippen LogP contribution < -0.4 is 0 Å². The number of nitrogens with zero attached hydrogens (tertiary/aromatic N) is 5. The van der Waals surface area contributed by atoms with E-state index in [2.05, 4.69) is 20.1 Å². The summed E-state index contributed by atoms with van der Waals surface area (Å²) in [5.74, 6) is -0.567. The Morgan fingerprint density at radius 1 is 1.06 bits per heavy atom. The van der Waals surface area contributed by atoms with Gasteiger partial charge in [0.1, 0.15) is 11.3 Å². The molecule has 0 atom stereocenters. The van der Waals surface area contributed by atoms with Gasteiger partial charge in [0.25, 0.3) is 0 Å². The van der Waals surface area contributed by atoms with Crippen LogP contribution in [-0.4, -0.2) is 37.1 Å². The summed E-state index contributed by atoms with van der Waals surface area (Å²) in [7, 11) is 0. The molecule has 166 valence electrons. The van der Waals surface area contributed by atoms with Crippen LogP contribution in [0.4, 0.5) is 13.2 Å². The molecule has 0 radical (unpaired) electrons. The van der Waals surface area contributed by atoms with Crippen LogP contribution in [0.1, 0.15) is 36.8 Å². The van der Waals surface area contributed by atoms with Crippen LogP contribution in [0.3, 0.4) is 0 Å². The monoisotopic (exact) mass is 443 g/mol. The van der Waals surface area contributed by atoms with Crippen LogP contribution in [0.2, 0.25) is 0 Å². The number of ether oxygens (including phenoxy) is 1. The second-order valence-corrected chi connectivity index (χ2v) is 6.17. The Bertz CT molecular complexity index is 1240. The third kappa shape index (κ3) is 4.58. The van der Waals surface area contributed by atoms with E-state index in [0.717, 1.165) is 6.07 Å². The van der Waals surface area contributed by atoms with Crippen LogP contribution in [-0.2, 0) is 10.9 Å². The molecule has 4 aromatic heterocycles. The lowest BCUT2D eigenvalue weighted by molar-refractivity contribution is -0.141. The summed E-state index contributed by atoms with van der Waals surface area (Å²) in [6.45, 7) is 5.89. The van der Waals surface area contributed by atoms with Crippen LogP contribution >= 0.6 is 0 Å². The Morgan fingerprint density at radius 3 is 2.56 bits per heavy atom. The van der Waals surface area contributed by atoms with Crippen molar-refractivity contribution in [2.24, 2.45) is 0 Å². The van der Waals surface area contributed by atoms with Crippen LogP contribution in [0.15, 0.2) is 55.0 Å². The van der Waals surface area contributed by atoms with Crippen molar-refractivity contribution < 1.29 is 22.7 Å². The summed E-state index contributed by atoms with van der Waals surface area (Å²) in [5.41, 5.74) is 0.581. The van der Waals surface area contributed by atoms with Gasteiger partial charge in [0.2, 0.25) is 0 Å². The van der Waals surface area contributed by atoms with Gasteiger partial charge in [-0.2, -0.15) is 18.3 Å². The summed E-state index contributed by atoms with van der Waals surface area (Å²) in [5, 5.41) is 4.08. The fourth-order valence-corrected chi connectivity index (χ4v) is 2.91. The lowest BCUT2D eigenvalue weighted by atomic mass is 10.1. The van der Waals surface area contributed by atoms with E-state index in [1.807, 2.05) is 13.8 Å². The highest BCUT2D eigenvalue weighted by Gasteiger charge is 2.32. The molecule has 0 aromatic carbocycles. The number of aromatic nitrogens is 5. The Morgan fingerprint density at radius 2 is 1.84 bits per heavy atom. The molecular formula is C22H20F3N5O2. The van der Waals surface area contributed by atoms with Crippen molar-refractivity contribution in [2.75, 3.05) is 6.61 Å². The van der Waals surface area contributed by atoms with E-state index in [1.54, 1.807) is 31.3 Å². The van der Waals surface area contributed by atoms with Crippen LogP contribution in [0.5, 0.6) is 0 Å². The first kappa shape index (κ1) is 22.9. The van der Waals surface area contributed by atoms with Gasteiger partial charge in [0, 0.05) is 18.0 Å². The van der Waals surface area contributed by atoms with Gasteiger partial charge in [0.05, 0.1) is 29.9 Å². The standard InChI is InChI=1S/C20H14F3N5O2.C2H6/c1-2-30-19(29)13-11-25-28-10-8-14(27-18(13)28)12-5-4-9-24-17(12)15-6-3-7-16(26-15)20(21,22)23;1-2/h3-11H,2H2,1H3;1-2H3. The minimum absolute atomic E-state index is 0.0567. The minimum Gasteiger partial charge on any atom is -0.462 e. The summed E-state index contributed by atoms with van der Waals surface area (Å²) < 4.78 is 45.7. The third-order valence-corrected chi connectivity index (χ3v) is 4.23. The van der Waals surface area contributed by atoms with Crippen molar-refractivity contribution in [1.82, 2.24) is 24.6 Å². The number of hydrogen-bond donors (Lipinski definition) is 0. The molecule has 0 amide bonds. The van der Waals surface area contributed by atoms with Gasteiger partial charge in [-0.25, -0.2) is 19.3 Å². The second kappa shape index (κ2) is 9.54. The quantitative estimate of drug-likeness (QED) is 0.410. The zero-order chi connectivity index (χ0) is 23.3. The summed E-state index contributed by atoms with van der Waals surface area (Å²) in [4.78, 5) is 24.6. The third-order valence-electron chi connectivity index (χ3n) is 4.23. The number of carbonyl (C=O) groups excluding carboxylic acids is 1. The Balaban J connectivity index is 0.00000141. The van der Waals surface area contributed by atoms with Crippen LogP contribution in [0.25, 0.3) is 28.3 Å². The molecule has 32 heavy (non-hydrogen) atoms. The van der Waals surface area contributed by atoms with E-state index >= 15 is 0 Å². The summed E-state index contributed by atoms with van der Waals surface area (Å²) in [6.07, 6.45) is -0.171. The highest BCUT2D eigenvalue weighted by Crippen LogP contribution is 2.32. The first-order chi connectivity index (χ1) is 15.4. The van der Waals surface area contributed by atoms with Crippen molar-refractivity contribution >= 4 is 11.6 Å². The van der Waals surface area contributed by atoms with Crippen molar-refractivity contribution in [1.29, 1.82) is 0 Å². The van der Waals surface area contributed by atoms with E-state index in [1.165, 1.54) is 29.0 Å². The van der Waals surface area contributed by atoms with Crippen molar-refractivity contribution in [3.63, 3.8) is 0 Å². The van der Waals surface area contributed by atoms with Gasteiger partial charge in [-0.1, -0.05) is 19.9 Å². The number of esters is 1. The minimum atomic E-state index is -4.58. The van der Waals surface area contributed by atoms with Gasteiger partial charge in [-0.05, 0) is 37.3 Å². The van der Waals surface area contributed by atoms with Gasteiger partial charge >= 0.3 is 12.1 Å². The average Bonchev–Trinajstić information content (AvgIpc) is 3.23. The van der Waals surface area contributed by atoms with Crippen molar-refractivity contribution in [2.45, 2.75) is 26.9 Å². The lowest BCUT2D eigenvalue weighted by Gasteiger charge is -2.11. The number of alkyl halides is 3. The number of hydrogen-bond acceptors (Lipinski definition) is 6. The molecule has 0 saturated carbocycles. The SMILES string of the molecule is CC.CCOC(=O)c1cnn2ccc(-c3cccnc3-c3cccc(C(F)(F)F)n3)nc12. The maximum atomic E-state index is 13.1. The zero-order valence-electron chi connectivity index (χ0n) is 17.6. The highest BCUT2D eigenvalue weighted by molar-refractivity contribution is 5.96. The zero-order valence-corrected chi connectivity index (χ0v) is 17.6. The molecule has 0 fully saturated rings. The van der Waals surface area contributed by atoms with Gasteiger partial charge < -0.3 is 4.74 Å². The maximum absolute atomic E-state index is 13.1. The van der Waals surface area contributed by atoms with Crippen molar-refractivity contribution in [3.8, 4) is 22.6 Å². The smallest absolute Gasteiger partial charge is 0.433 e. The first-order valence-electron chi connectivity index (χ1n) is 9.90. The maximum Gasteiger partial charge on any atom is 0.433 e. The molecule has 4 heterocycles. The van der Waals surface area contributed by atoms with E-state index in [9.17, 15) is 18.0 Å². The molecule has 0 N–H and O–H groups in total. The number of rotatable bonds is 4. The van der Waals surface area contributed by atoms with Gasteiger partial charge in [-0.3, -0.25) is 4.98 Å². The molecule has 0 aliphatic rings. The molecule has 7 nitrogen and oxygen atoms in total. The van der Waals surface area contributed by atoms with E-state index in [4.69, 9.17) is 4.74 Å². The normalized spacial score (nSPS) is 11.1. The molecule has 0 aliphatic heterocycles. The predicted molar refractivity (Wildman–Crippen MR) is 112 cm³/mol. The fourth-order valence-electron chi connectivity index (χ4n) is 2.91. The Labute approximate surface area is 181 Å². The first-order valence-corrected chi connectivity index (χ1v) is 9.90. The van der Waals surface area contributed by atoms with Gasteiger partial charge in [-0.15, -0.1) is 0 Å². The predicted octanol–water partition coefficient (Wildman–Crippen LogP) is 5.08. The topological polar surface area (TPSA) is 82.3 Å². The molecule has 0 saturated heterocycles. The van der Waals surface area contributed by atoms with E-state index in [-0.39, 0.29) is 29.2 Å². The summed E-state index contributed by atoms with van der Waals surface area (Å²) >= 11 is 0. The molecule has 0 bridgehead atoms. The number of pyridine rings is 2. The molecule has 4 aromatic rings. The molecule has 0 spiro atoms. The Hall–Kier alpha value is -3.82. The molecule has 4 rings (SSSR count). The molecule has 0 aliphatic carbocycles.